The highest BCUT2D eigenvalue weighted by atomic mass is 16.4. The van der Waals surface area contributed by atoms with Crippen LogP contribution in [0.15, 0.2) is 42.6 Å². The average Bonchev–Trinajstić information content (AvgIpc) is 3.10. The lowest BCUT2D eigenvalue weighted by molar-refractivity contribution is 0.0696. The predicted octanol–water partition coefficient (Wildman–Crippen LogP) is 2.67. The molecule has 0 unspecified atom stereocenters. The highest BCUT2D eigenvalue weighted by Crippen LogP contribution is 2.18. The van der Waals surface area contributed by atoms with Crippen molar-refractivity contribution in [1.29, 1.82) is 0 Å². The summed E-state index contributed by atoms with van der Waals surface area (Å²) in [5.74, 6) is 0.158. The van der Waals surface area contributed by atoms with Crippen molar-refractivity contribution in [2.75, 3.05) is 18.0 Å². The number of anilines is 1. The maximum atomic E-state index is 11.0. The van der Waals surface area contributed by atoms with Crippen LogP contribution in [0, 0.1) is 0 Å². The van der Waals surface area contributed by atoms with E-state index in [4.69, 9.17) is 5.11 Å². The normalized spacial score (nSPS) is 14.2. The third-order valence-electron chi connectivity index (χ3n) is 4.07. The summed E-state index contributed by atoms with van der Waals surface area (Å²) >= 11 is 0. The molecule has 3 rings (SSSR count). The van der Waals surface area contributed by atoms with Crippen LogP contribution in [0.5, 0.6) is 0 Å². The van der Waals surface area contributed by atoms with Gasteiger partial charge in [0.15, 0.2) is 0 Å². The Labute approximate surface area is 136 Å². The van der Waals surface area contributed by atoms with Gasteiger partial charge in [0.25, 0.3) is 0 Å². The molecule has 120 valence electrons. The molecule has 0 saturated carbocycles. The molecule has 1 aliphatic heterocycles. The highest BCUT2D eigenvalue weighted by molar-refractivity contribution is 5.87. The van der Waals surface area contributed by atoms with E-state index in [9.17, 15) is 4.79 Å². The van der Waals surface area contributed by atoms with Gasteiger partial charge in [0.2, 0.25) is 0 Å². The van der Waals surface area contributed by atoms with Crippen molar-refractivity contribution in [3.05, 3.63) is 59.3 Å². The fourth-order valence-corrected chi connectivity index (χ4v) is 2.86. The summed E-state index contributed by atoms with van der Waals surface area (Å²) in [6.07, 6.45) is 4.34. The second-order valence-corrected chi connectivity index (χ2v) is 5.83. The molecule has 2 aromatic rings. The summed E-state index contributed by atoms with van der Waals surface area (Å²) in [6.45, 7) is 3.56. The molecule has 0 amide bonds. The lowest BCUT2D eigenvalue weighted by atomic mass is 10.1. The van der Waals surface area contributed by atoms with Crippen LogP contribution in [0.1, 0.15) is 34.3 Å². The SMILES string of the molecule is O=C(O)c1cccc(CNCc2ccnc(N3CCCC3)c2)c1. The van der Waals surface area contributed by atoms with Crippen LogP contribution in [-0.2, 0) is 13.1 Å². The third kappa shape index (κ3) is 4.07. The van der Waals surface area contributed by atoms with Crippen LogP contribution in [-0.4, -0.2) is 29.1 Å². The van der Waals surface area contributed by atoms with Crippen LogP contribution in [0.4, 0.5) is 5.82 Å². The second kappa shape index (κ2) is 7.24. The van der Waals surface area contributed by atoms with E-state index in [1.54, 1.807) is 18.2 Å². The summed E-state index contributed by atoms with van der Waals surface area (Å²) in [5.41, 5.74) is 2.49. The number of carboxylic acids is 1. The standard InChI is InChI=1S/C18H21N3O2/c22-18(23)16-5-3-4-14(10-16)12-19-13-15-6-7-20-17(11-15)21-8-1-2-9-21/h3-7,10-11,19H,1-2,8-9,12-13H2,(H,22,23). The van der Waals surface area contributed by atoms with E-state index in [1.165, 1.54) is 18.4 Å². The molecule has 0 spiro atoms. The summed E-state index contributed by atoms with van der Waals surface area (Å²) in [7, 11) is 0. The van der Waals surface area contributed by atoms with Gasteiger partial charge in [-0.15, -0.1) is 0 Å². The van der Waals surface area contributed by atoms with Crippen molar-refractivity contribution < 1.29 is 9.90 Å². The number of rotatable bonds is 6. The van der Waals surface area contributed by atoms with Gasteiger partial charge >= 0.3 is 5.97 Å². The van der Waals surface area contributed by atoms with Gasteiger partial charge in [0.05, 0.1) is 5.56 Å². The molecule has 0 bridgehead atoms. The van der Waals surface area contributed by atoms with Gasteiger partial charge in [-0.2, -0.15) is 0 Å². The predicted molar refractivity (Wildman–Crippen MR) is 89.6 cm³/mol. The molecule has 1 aromatic heterocycles. The van der Waals surface area contributed by atoms with Gasteiger partial charge in [-0.05, 0) is 48.2 Å². The first-order valence-electron chi connectivity index (χ1n) is 7.95. The minimum atomic E-state index is -0.892. The van der Waals surface area contributed by atoms with E-state index in [-0.39, 0.29) is 0 Å². The molecule has 23 heavy (non-hydrogen) atoms. The minimum Gasteiger partial charge on any atom is -0.478 e. The largest absolute Gasteiger partial charge is 0.478 e. The molecule has 2 heterocycles. The Hall–Kier alpha value is -2.40. The first-order valence-corrected chi connectivity index (χ1v) is 7.95. The van der Waals surface area contributed by atoms with Gasteiger partial charge in [-0.25, -0.2) is 9.78 Å². The van der Waals surface area contributed by atoms with Gasteiger partial charge in [-0.3, -0.25) is 0 Å². The molecule has 5 heteroatoms. The van der Waals surface area contributed by atoms with Crippen molar-refractivity contribution in [3.63, 3.8) is 0 Å². The van der Waals surface area contributed by atoms with Gasteiger partial charge in [0.1, 0.15) is 5.82 Å². The van der Waals surface area contributed by atoms with Crippen LogP contribution in [0.25, 0.3) is 0 Å². The summed E-state index contributed by atoms with van der Waals surface area (Å²) in [6, 6.07) is 11.2. The number of carbonyl (C=O) groups is 1. The van der Waals surface area contributed by atoms with Gasteiger partial charge in [-0.1, -0.05) is 12.1 Å². The zero-order valence-electron chi connectivity index (χ0n) is 13.0. The van der Waals surface area contributed by atoms with E-state index >= 15 is 0 Å². The second-order valence-electron chi connectivity index (χ2n) is 5.83. The van der Waals surface area contributed by atoms with E-state index in [0.29, 0.717) is 12.1 Å². The smallest absolute Gasteiger partial charge is 0.335 e. The van der Waals surface area contributed by atoms with Gasteiger partial charge < -0.3 is 15.3 Å². The number of aromatic nitrogens is 1. The lowest BCUT2D eigenvalue weighted by Crippen LogP contribution is -2.19. The number of aromatic carboxylic acids is 1. The number of carboxylic acid groups (broad SMARTS) is 1. The quantitative estimate of drug-likeness (QED) is 0.858. The van der Waals surface area contributed by atoms with E-state index in [2.05, 4.69) is 21.3 Å². The number of pyridine rings is 1. The zero-order valence-corrected chi connectivity index (χ0v) is 13.0. The average molecular weight is 311 g/mol. The number of benzene rings is 1. The molecular formula is C18H21N3O2. The summed E-state index contributed by atoms with van der Waals surface area (Å²) in [5, 5.41) is 12.4. The Morgan fingerprint density at radius 2 is 1.87 bits per heavy atom. The van der Waals surface area contributed by atoms with Crippen molar-refractivity contribution >= 4 is 11.8 Å². The third-order valence-corrected chi connectivity index (χ3v) is 4.07. The molecule has 2 N–H and O–H groups in total. The van der Waals surface area contributed by atoms with Crippen LogP contribution >= 0.6 is 0 Å². The van der Waals surface area contributed by atoms with Crippen molar-refractivity contribution in [3.8, 4) is 0 Å². The molecule has 1 aliphatic rings. The fourth-order valence-electron chi connectivity index (χ4n) is 2.86. The van der Waals surface area contributed by atoms with E-state index in [0.717, 1.165) is 31.0 Å². The molecule has 0 radical (unpaired) electrons. The van der Waals surface area contributed by atoms with Crippen molar-refractivity contribution in [2.24, 2.45) is 0 Å². The number of hydrogen-bond donors (Lipinski definition) is 2. The van der Waals surface area contributed by atoms with E-state index in [1.807, 2.05) is 18.3 Å². The first-order chi connectivity index (χ1) is 11.2. The molecule has 1 saturated heterocycles. The Morgan fingerprint density at radius 3 is 2.61 bits per heavy atom. The van der Waals surface area contributed by atoms with Crippen LogP contribution in [0.2, 0.25) is 0 Å². The molecule has 1 aromatic carbocycles. The Morgan fingerprint density at radius 1 is 1.13 bits per heavy atom. The maximum absolute atomic E-state index is 11.0. The highest BCUT2D eigenvalue weighted by Gasteiger charge is 2.13. The summed E-state index contributed by atoms with van der Waals surface area (Å²) in [4.78, 5) is 17.8. The summed E-state index contributed by atoms with van der Waals surface area (Å²) < 4.78 is 0. The van der Waals surface area contributed by atoms with Gasteiger partial charge in [0, 0.05) is 32.4 Å². The molecule has 5 nitrogen and oxygen atoms in total. The minimum absolute atomic E-state index is 0.324. The Kier molecular flexibility index (Phi) is 4.88. The van der Waals surface area contributed by atoms with Crippen molar-refractivity contribution in [1.82, 2.24) is 10.3 Å². The fraction of sp³-hybridized carbons (Fsp3) is 0.333. The monoisotopic (exact) mass is 311 g/mol. The van der Waals surface area contributed by atoms with E-state index < -0.39 is 5.97 Å². The molecule has 1 fully saturated rings. The molecular weight excluding hydrogens is 290 g/mol. The van der Waals surface area contributed by atoms with Crippen molar-refractivity contribution in [2.45, 2.75) is 25.9 Å². The lowest BCUT2D eigenvalue weighted by Gasteiger charge is -2.17. The number of hydrogen-bond acceptors (Lipinski definition) is 4. The molecule has 0 atom stereocenters. The molecule has 0 aliphatic carbocycles. The number of nitrogens with one attached hydrogen (secondary N) is 1. The maximum Gasteiger partial charge on any atom is 0.335 e. The Bertz CT molecular complexity index is 681. The topological polar surface area (TPSA) is 65.5 Å². The first kappa shape index (κ1) is 15.5. The number of nitrogens with zero attached hydrogens (tertiary/aromatic N) is 2. The zero-order chi connectivity index (χ0) is 16.1. The van der Waals surface area contributed by atoms with Crippen LogP contribution in [0.3, 0.4) is 0 Å². The Balaban J connectivity index is 1.57. The van der Waals surface area contributed by atoms with Crippen LogP contribution < -0.4 is 10.2 Å².